The van der Waals surface area contributed by atoms with Gasteiger partial charge in [-0.25, -0.2) is 8.78 Å². The van der Waals surface area contributed by atoms with Gasteiger partial charge in [-0.1, -0.05) is 24.3 Å². The molecule has 1 heterocycles. The standard InChI is InChI=1S/C29H33F2NO3/c1-33-26-18-27(34-2)20-28(19-26)35-17-3-14-32-15-12-23(13-16-32)29(21-4-8-24(30)9-5-21)22-6-10-25(31)11-7-22/h4-11,18-20,23,29H,3,12-17H2,1-2H3. The van der Waals surface area contributed by atoms with Crippen molar-refractivity contribution >= 4 is 0 Å². The Bertz CT molecular complexity index is 997. The van der Waals surface area contributed by atoms with Gasteiger partial charge in [-0.05, 0) is 73.7 Å². The molecule has 6 heteroatoms. The Kier molecular flexibility index (Phi) is 8.59. The third-order valence-electron chi connectivity index (χ3n) is 6.77. The van der Waals surface area contributed by atoms with Gasteiger partial charge in [-0.3, -0.25) is 0 Å². The number of rotatable bonds is 10. The molecule has 1 fully saturated rings. The number of ether oxygens (including phenoxy) is 3. The summed E-state index contributed by atoms with van der Waals surface area (Å²) in [7, 11) is 3.25. The highest BCUT2D eigenvalue weighted by Gasteiger charge is 2.29. The summed E-state index contributed by atoms with van der Waals surface area (Å²) in [6, 6.07) is 19.0. The zero-order chi connectivity index (χ0) is 24.6. The van der Waals surface area contributed by atoms with E-state index in [1.807, 2.05) is 42.5 Å². The zero-order valence-electron chi connectivity index (χ0n) is 20.4. The quantitative estimate of drug-likeness (QED) is 0.318. The van der Waals surface area contributed by atoms with Crippen LogP contribution in [0.5, 0.6) is 17.2 Å². The van der Waals surface area contributed by atoms with Crippen molar-refractivity contribution in [2.45, 2.75) is 25.2 Å². The highest BCUT2D eigenvalue weighted by Crippen LogP contribution is 2.38. The molecule has 0 N–H and O–H groups in total. The van der Waals surface area contributed by atoms with Gasteiger partial charge in [-0.15, -0.1) is 0 Å². The molecule has 0 saturated carbocycles. The van der Waals surface area contributed by atoms with Crippen LogP contribution in [0.1, 0.15) is 36.3 Å². The van der Waals surface area contributed by atoms with Crippen LogP contribution in [0.2, 0.25) is 0 Å². The van der Waals surface area contributed by atoms with Crippen molar-refractivity contribution in [3.05, 3.63) is 89.5 Å². The minimum Gasteiger partial charge on any atom is -0.496 e. The summed E-state index contributed by atoms with van der Waals surface area (Å²) in [4.78, 5) is 2.47. The van der Waals surface area contributed by atoms with Crippen LogP contribution in [0.15, 0.2) is 66.7 Å². The van der Waals surface area contributed by atoms with Gasteiger partial charge in [0.1, 0.15) is 28.9 Å². The zero-order valence-corrected chi connectivity index (χ0v) is 20.4. The minimum atomic E-state index is -0.240. The predicted molar refractivity (Wildman–Crippen MR) is 133 cm³/mol. The predicted octanol–water partition coefficient (Wildman–Crippen LogP) is 6.30. The van der Waals surface area contributed by atoms with Gasteiger partial charge in [0.05, 0.1) is 20.8 Å². The van der Waals surface area contributed by atoms with Crippen LogP contribution in [-0.2, 0) is 0 Å². The summed E-state index contributed by atoms with van der Waals surface area (Å²) in [5, 5.41) is 0. The van der Waals surface area contributed by atoms with E-state index in [1.54, 1.807) is 14.2 Å². The number of benzene rings is 3. The Morgan fingerprint density at radius 2 is 1.26 bits per heavy atom. The maximum atomic E-state index is 13.6. The molecule has 3 aromatic carbocycles. The number of hydrogen-bond donors (Lipinski definition) is 0. The lowest BCUT2D eigenvalue weighted by Crippen LogP contribution is -2.36. The molecule has 1 aliphatic rings. The number of halogens is 2. The highest BCUT2D eigenvalue weighted by molar-refractivity contribution is 5.42. The molecule has 0 amide bonds. The number of likely N-dealkylation sites (tertiary alicyclic amines) is 1. The molecule has 1 saturated heterocycles. The molecule has 4 nitrogen and oxygen atoms in total. The van der Waals surface area contributed by atoms with Crippen molar-refractivity contribution in [3.63, 3.8) is 0 Å². The summed E-state index contributed by atoms with van der Waals surface area (Å²) >= 11 is 0. The first-order valence-corrected chi connectivity index (χ1v) is 12.1. The van der Waals surface area contributed by atoms with Gasteiger partial charge in [0.25, 0.3) is 0 Å². The van der Waals surface area contributed by atoms with Crippen molar-refractivity contribution < 1.29 is 23.0 Å². The lowest BCUT2D eigenvalue weighted by molar-refractivity contribution is 0.163. The van der Waals surface area contributed by atoms with Gasteiger partial charge < -0.3 is 19.1 Å². The Hall–Kier alpha value is -3.12. The molecular weight excluding hydrogens is 448 g/mol. The molecule has 0 atom stereocenters. The SMILES string of the molecule is COc1cc(OC)cc(OCCCN2CCC(C(c3ccc(F)cc3)c3ccc(F)cc3)CC2)c1. The smallest absolute Gasteiger partial charge is 0.126 e. The molecule has 4 rings (SSSR count). The molecule has 0 unspecified atom stereocenters. The van der Waals surface area contributed by atoms with Gasteiger partial charge >= 0.3 is 0 Å². The molecule has 0 aromatic heterocycles. The van der Waals surface area contributed by atoms with Gasteiger partial charge in [0.2, 0.25) is 0 Å². The van der Waals surface area contributed by atoms with Crippen molar-refractivity contribution in [1.82, 2.24) is 4.90 Å². The van der Waals surface area contributed by atoms with E-state index in [-0.39, 0.29) is 17.6 Å². The molecule has 0 spiro atoms. The van der Waals surface area contributed by atoms with Crippen LogP contribution >= 0.6 is 0 Å². The summed E-state index contributed by atoms with van der Waals surface area (Å²) < 4.78 is 43.6. The summed E-state index contributed by atoms with van der Waals surface area (Å²) in [5.41, 5.74) is 2.16. The van der Waals surface area contributed by atoms with Gasteiger partial charge in [0.15, 0.2) is 0 Å². The Balaban J connectivity index is 1.31. The van der Waals surface area contributed by atoms with E-state index in [2.05, 4.69) is 4.90 Å². The maximum absolute atomic E-state index is 13.6. The number of piperidine rings is 1. The number of hydrogen-bond acceptors (Lipinski definition) is 4. The lowest BCUT2D eigenvalue weighted by Gasteiger charge is -2.36. The van der Waals surface area contributed by atoms with Gasteiger partial charge in [0, 0.05) is 30.7 Å². The Morgan fingerprint density at radius 1 is 0.771 bits per heavy atom. The molecule has 35 heavy (non-hydrogen) atoms. The third kappa shape index (κ3) is 6.73. The maximum Gasteiger partial charge on any atom is 0.126 e. The molecule has 0 aliphatic carbocycles. The first-order chi connectivity index (χ1) is 17.1. The fourth-order valence-electron chi connectivity index (χ4n) is 4.93. The molecular formula is C29H33F2NO3. The first-order valence-electron chi connectivity index (χ1n) is 12.1. The fraction of sp³-hybridized carbons (Fsp3) is 0.379. The van der Waals surface area contributed by atoms with Crippen LogP contribution in [0.3, 0.4) is 0 Å². The van der Waals surface area contributed by atoms with E-state index in [0.717, 1.165) is 55.8 Å². The largest absolute Gasteiger partial charge is 0.496 e. The second-order valence-electron chi connectivity index (χ2n) is 9.01. The molecule has 1 aliphatic heterocycles. The average Bonchev–Trinajstić information content (AvgIpc) is 2.89. The summed E-state index contributed by atoms with van der Waals surface area (Å²) in [6.45, 7) is 3.57. The third-order valence-corrected chi connectivity index (χ3v) is 6.77. The number of methoxy groups -OCH3 is 2. The van der Waals surface area contributed by atoms with E-state index in [0.29, 0.717) is 24.0 Å². The minimum absolute atomic E-state index is 0.129. The normalized spacial score (nSPS) is 14.8. The second-order valence-corrected chi connectivity index (χ2v) is 9.01. The van der Waals surface area contributed by atoms with Crippen LogP contribution in [0.4, 0.5) is 8.78 Å². The first kappa shape index (κ1) is 25.0. The highest BCUT2D eigenvalue weighted by atomic mass is 19.1. The summed E-state index contributed by atoms with van der Waals surface area (Å²) in [6.07, 6.45) is 2.99. The molecule has 0 radical (unpaired) electrons. The van der Waals surface area contributed by atoms with Crippen molar-refractivity contribution in [2.24, 2.45) is 5.92 Å². The van der Waals surface area contributed by atoms with Crippen LogP contribution < -0.4 is 14.2 Å². The van der Waals surface area contributed by atoms with Gasteiger partial charge in [-0.2, -0.15) is 0 Å². The topological polar surface area (TPSA) is 30.9 Å². The van der Waals surface area contributed by atoms with Crippen molar-refractivity contribution in [3.8, 4) is 17.2 Å². The fourth-order valence-corrected chi connectivity index (χ4v) is 4.93. The Labute approximate surface area is 206 Å². The average molecular weight is 482 g/mol. The van der Waals surface area contributed by atoms with Crippen LogP contribution in [0, 0.1) is 17.6 Å². The van der Waals surface area contributed by atoms with E-state index in [4.69, 9.17) is 14.2 Å². The molecule has 0 bridgehead atoms. The van der Waals surface area contributed by atoms with E-state index < -0.39 is 0 Å². The van der Waals surface area contributed by atoms with E-state index >= 15 is 0 Å². The second kappa shape index (κ2) is 12.0. The monoisotopic (exact) mass is 481 g/mol. The molecule has 3 aromatic rings. The van der Waals surface area contributed by atoms with Crippen molar-refractivity contribution in [1.29, 1.82) is 0 Å². The molecule has 186 valence electrons. The van der Waals surface area contributed by atoms with Crippen LogP contribution in [-0.4, -0.2) is 45.4 Å². The summed E-state index contributed by atoms with van der Waals surface area (Å²) in [5.74, 6) is 2.22. The van der Waals surface area contributed by atoms with E-state index in [9.17, 15) is 8.78 Å². The lowest BCUT2D eigenvalue weighted by atomic mass is 9.76. The Morgan fingerprint density at radius 3 is 1.74 bits per heavy atom. The van der Waals surface area contributed by atoms with Crippen LogP contribution in [0.25, 0.3) is 0 Å². The number of nitrogens with zero attached hydrogens (tertiary/aromatic N) is 1. The van der Waals surface area contributed by atoms with E-state index in [1.165, 1.54) is 24.3 Å². The van der Waals surface area contributed by atoms with Crippen molar-refractivity contribution in [2.75, 3.05) is 40.5 Å².